The molecule has 3 amide bonds. The number of hydrogen-bond donors (Lipinski definition) is 3. The first kappa shape index (κ1) is 25.3. The highest BCUT2D eigenvalue weighted by molar-refractivity contribution is 5.99. The van der Waals surface area contributed by atoms with Crippen molar-refractivity contribution in [3.63, 3.8) is 0 Å². The lowest BCUT2D eigenvalue weighted by Gasteiger charge is -2.12. The van der Waals surface area contributed by atoms with Gasteiger partial charge in [0.1, 0.15) is 28.8 Å². The van der Waals surface area contributed by atoms with Gasteiger partial charge in [-0.3, -0.25) is 20.1 Å². The molecule has 0 aliphatic rings. The van der Waals surface area contributed by atoms with Crippen LogP contribution >= 0.6 is 0 Å². The lowest BCUT2D eigenvalue weighted by molar-refractivity contribution is 0.0995. The number of halogens is 1. The van der Waals surface area contributed by atoms with Crippen molar-refractivity contribution in [3.8, 4) is 17.2 Å². The summed E-state index contributed by atoms with van der Waals surface area (Å²) in [5.41, 5.74) is 7.54. The highest BCUT2D eigenvalue weighted by Gasteiger charge is 2.16. The van der Waals surface area contributed by atoms with Gasteiger partial charge in [0.25, 0.3) is 5.91 Å². The lowest BCUT2D eigenvalue weighted by Crippen LogP contribution is -2.22. The normalized spacial score (nSPS) is 11.0. The molecule has 5 aromatic rings. The molecule has 0 atom stereocenters. The second-order valence-electron chi connectivity index (χ2n) is 8.97. The summed E-state index contributed by atoms with van der Waals surface area (Å²) in [5.74, 6) is -0.480. The van der Waals surface area contributed by atoms with Crippen LogP contribution in [0.3, 0.4) is 0 Å². The van der Waals surface area contributed by atoms with Gasteiger partial charge in [0, 0.05) is 36.0 Å². The number of primary amides is 1. The van der Waals surface area contributed by atoms with Gasteiger partial charge in [-0.2, -0.15) is 5.10 Å². The van der Waals surface area contributed by atoms with Crippen molar-refractivity contribution in [2.45, 2.75) is 19.8 Å². The van der Waals surface area contributed by atoms with Crippen LogP contribution in [-0.4, -0.2) is 31.7 Å². The van der Waals surface area contributed by atoms with E-state index >= 15 is 0 Å². The van der Waals surface area contributed by atoms with Gasteiger partial charge >= 0.3 is 6.03 Å². The lowest BCUT2D eigenvalue weighted by atomic mass is 10.1. The highest BCUT2D eigenvalue weighted by atomic mass is 19.1. The average molecular weight is 526 g/mol. The van der Waals surface area contributed by atoms with Crippen LogP contribution in [0, 0.1) is 5.82 Å². The number of nitrogens with zero attached hydrogens (tertiary/aromatic N) is 4. The minimum atomic E-state index is -0.717. The van der Waals surface area contributed by atoms with Crippen molar-refractivity contribution >= 4 is 34.3 Å². The Bertz CT molecular complexity index is 1700. The maximum absolute atomic E-state index is 14.8. The van der Waals surface area contributed by atoms with Crippen LogP contribution in [0.25, 0.3) is 16.6 Å². The standard InChI is InChI=1S/C28H24FN7O3/c1-16(2)24-15-26(36(35-24)18-5-7-22-17(12-18)4-3-10-31-22)34-28(38)33-23-8-6-19(13-21(23)29)39-20-9-11-32-25(14-20)27(30)37/h3-16H,1-2H3,(H2,30,37)(H2,33,34,38). The van der Waals surface area contributed by atoms with Gasteiger partial charge < -0.3 is 15.8 Å². The smallest absolute Gasteiger partial charge is 0.324 e. The van der Waals surface area contributed by atoms with E-state index in [0.717, 1.165) is 28.4 Å². The van der Waals surface area contributed by atoms with Crippen molar-refractivity contribution in [1.29, 1.82) is 0 Å². The summed E-state index contributed by atoms with van der Waals surface area (Å²) in [5, 5.41) is 10.9. The molecule has 0 aliphatic carbocycles. The Hall–Kier alpha value is -5.32. The molecule has 0 unspecified atom stereocenters. The molecular formula is C28H24FN7O3. The van der Waals surface area contributed by atoms with Gasteiger partial charge in [-0.25, -0.2) is 13.9 Å². The van der Waals surface area contributed by atoms with Crippen molar-refractivity contribution in [2.24, 2.45) is 5.73 Å². The number of nitrogens with two attached hydrogens (primary N) is 1. The molecule has 3 aromatic heterocycles. The van der Waals surface area contributed by atoms with Crippen LogP contribution in [0.4, 0.5) is 20.7 Å². The second-order valence-corrected chi connectivity index (χ2v) is 8.97. The molecule has 10 nitrogen and oxygen atoms in total. The zero-order chi connectivity index (χ0) is 27.5. The summed E-state index contributed by atoms with van der Waals surface area (Å²) in [6.45, 7) is 4.00. The summed E-state index contributed by atoms with van der Waals surface area (Å²) in [4.78, 5) is 32.4. The Morgan fingerprint density at radius 1 is 0.949 bits per heavy atom. The number of amides is 3. The molecule has 0 bridgehead atoms. The maximum atomic E-state index is 14.8. The fourth-order valence-corrected chi connectivity index (χ4v) is 3.84. The molecule has 39 heavy (non-hydrogen) atoms. The topological polar surface area (TPSA) is 137 Å². The third-order valence-corrected chi connectivity index (χ3v) is 5.80. The molecule has 0 aliphatic heterocycles. The van der Waals surface area contributed by atoms with Gasteiger partial charge in [-0.1, -0.05) is 19.9 Å². The Kier molecular flexibility index (Phi) is 6.87. The number of anilines is 2. The highest BCUT2D eigenvalue weighted by Crippen LogP contribution is 2.27. The molecule has 0 saturated heterocycles. The van der Waals surface area contributed by atoms with E-state index in [0.29, 0.717) is 5.82 Å². The summed E-state index contributed by atoms with van der Waals surface area (Å²) in [6, 6.07) is 17.4. The fourth-order valence-electron chi connectivity index (χ4n) is 3.84. The Morgan fingerprint density at radius 2 is 1.77 bits per heavy atom. The third-order valence-electron chi connectivity index (χ3n) is 5.80. The molecule has 0 radical (unpaired) electrons. The van der Waals surface area contributed by atoms with Crippen LogP contribution in [0.1, 0.15) is 35.9 Å². The zero-order valence-corrected chi connectivity index (χ0v) is 21.1. The predicted octanol–water partition coefficient (Wildman–Crippen LogP) is 5.61. The van der Waals surface area contributed by atoms with Crippen molar-refractivity contribution in [3.05, 3.63) is 96.3 Å². The minimum absolute atomic E-state index is 0.0168. The summed E-state index contributed by atoms with van der Waals surface area (Å²) >= 11 is 0. The monoisotopic (exact) mass is 525 g/mol. The quantitative estimate of drug-likeness (QED) is 0.252. The summed E-state index contributed by atoms with van der Waals surface area (Å²) in [6.07, 6.45) is 3.08. The Balaban J connectivity index is 1.34. The van der Waals surface area contributed by atoms with Crippen molar-refractivity contribution in [1.82, 2.24) is 19.7 Å². The van der Waals surface area contributed by atoms with Gasteiger partial charge in [-0.15, -0.1) is 0 Å². The van der Waals surface area contributed by atoms with Crippen molar-refractivity contribution in [2.75, 3.05) is 10.6 Å². The predicted molar refractivity (Wildman–Crippen MR) is 145 cm³/mol. The summed E-state index contributed by atoms with van der Waals surface area (Å²) < 4.78 is 22.1. The van der Waals surface area contributed by atoms with E-state index in [1.807, 2.05) is 44.2 Å². The number of fused-ring (bicyclic) bond motifs is 1. The van der Waals surface area contributed by atoms with Crippen LogP contribution < -0.4 is 21.1 Å². The van der Waals surface area contributed by atoms with E-state index in [-0.39, 0.29) is 28.8 Å². The van der Waals surface area contributed by atoms with E-state index in [9.17, 15) is 14.0 Å². The summed E-state index contributed by atoms with van der Waals surface area (Å²) in [7, 11) is 0. The molecule has 2 aromatic carbocycles. The number of carbonyl (C=O) groups excluding carboxylic acids is 2. The number of carbonyl (C=O) groups is 2. The van der Waals surface area contributed by atoms with Crippen LogP contribution in [0.15, 0.2) is 79.1 Å². The molecule has 196 valence electrons. The first-order valence-corrected chi connectivity index (χ1v) is 12.0. The van der Waals surface area contributed by atoms with Gasteiger partial charge in [0.15, 0.2) is 0 Å². The number of urea groups is 1. The van der Waals surface area contributed by atoms with E-state index in [1.54, 1.807) is 16.9 Å². The largest absolute Gasteiger partial charge is 0.457 e. The molecule has 0 spiro atoms. The molecular weight excluding hydrogens is 501 g/mol. The molecule has 0 fully saturated rings. The molecule has 11 heteroatoms. The number of aromatic nitrogens is 4. The minimum Gasteiger partial charge on any atom is -0.457 e. The number of nitrogens with one attached hydrogen (secondary N) is 2. The Labute approximate surface area is 222 Å². The van der Waals surface area contributed by atoms with E-state index in [2.05, 4.69) is 25.7 Å². The Morgan fingerprint density at radius 3 is 2.54 bits per heavy atom. The molecule has 0 saturated carbocycles. The number of pyridine rings is 2. The van der Waals surface area contributed by atoms with E-state index < -0.39 is 17.8 Å². The third kappa shape index (κ3) is 5.67. The zero-order valence-electron chi connectivity index (χ0n) is 21.1. The second kappa shape index (κ2) is 10.6. The van der Waals surface area contributed by atoms with Crippen LogP contribution in [-0.2, 0) is 0 Å². The van der Waals surface area contributed by atoms with E-state index in [4.69, 9.17) is 10.5 Å². The van der Waals surface area contributed by atoms with Gasteiger partial charge in [-0.05, 0) is 48.4 Å². The average Bonchev–Trinajstić information content (AvgIpc) is 3.34. The van der Waals surface area contributed by atoms with Crippen LogP contribution in [0.5, 0.6) is 11.5 Å². The van der Waals surface area contributed by atoms with Gasteiger partial charge in [0.2, 0.25) is 0 Å². The fraction of sp³-hybridized carbons (Fsp3) is 0.107. The van der Waals surface area contributed by atoms with Gasteiger partial charge in [0.05, 0.1) is 22.6 Å². The maximum Gasteiger partial charge on any atom is 0.324 e. The molecule has 3 heterocycles. The number of ether oxygens (including phenoxy) is 1. The molecule has 4 N–H and O–H groups in total. The van der Waals surface area contributed by atoms with Crippen molar-refractivity contribution < 1.29 is 18.7 Å². The number of benzene rings is 2. The molecule has 5 rings (SSSR count). The first-order chi connectivity index (χ1) is 18.8. The SMILES string of the molecule is CC(C)c1cc(NC(=O)Nc2ccc(Oc3ccnc(C(N)=O)c3)cc2F)n(-c2ccc3ncccc3c2)n1. The van der Waals surface area contributed by atoms with Crippen LogP contribution in [0.2, 0.25) is 0 Å². The first-order valence-electron chi connectivity index (χ1n) is 12.0. The van der Waals surface area contributed by atoms with E-state index in [1.165, 1.54) is 30.5 Å². The number of rotatable bonds is 7. The number of hydrogen-bond acceptors (Lipinski definition) is 6.